The normalized spacial score (nSPS) is 12.4. The van der Waals surface area contributed by atoms with Gasteiger partial charge in [-0.25, -0.2) is 0 Å². The van der Waals surface area contributed by atoms with Crippen LogP contribution in [0.4, 0.5) is 0 Å². The highest BCUT2D eigenvalue weighted by molar-refractivity contribution is 8.76. The predicted molar refractivity (Wildman–Crippen MR) is 80.8 cm³/mol. The molecule has 0 spiro atoms. The van der Waals surface area contributed by atoms with Crippen LogP contribution in [0.25, 0.3) is 0 Å². The third-order valence-electron chi connectivity index (χ3n) is 1.58. The summed E-state index contributed by atoms with van der Waals surface area (Å²) in [6.07, 6.45) is 2.19. The lowest BCUT2D eigenvalue weighted by Gasteiger charge is -2.19. The standard InChI is InChI=1S/C11H22O5S3/c1-11(2,3)16-10(12)6-5-8-17-18-9-7-15-19(4,13)14/h5-9H2,1-4H3. The van der Waals surface area contributed by atoms with E-state index in [9.17, 15) is 13.2 Å². The predicted octanol–water partition coefficient (Wildman–Crippen LogP) is 2.47. The van der Waals surface area contributed by atoms with Crippen molar-refractivity contribution in [2.75, 3.05) is 24.4 Å². The summed E-state index contributed by atoms with van der Waals surface area (Å²) in [4.78, 5) is 11.4. The van der Waals surface area contributed by atoms with E-state index in [4.69, 9.17) is 4.74 Å². The second-order valence-corrected chi connectivity index (χ2v) is 9.21. The average Bonchev–Trinajstić information content (AvgIpc) is 2.17. The molecule has 0 saturated heterocycles. The Morgan fingerprint density at radius 1 is 1.16 bits per heavy atom. The Kier molecular flexibility index (Phi) is 9.13. The van der Waals surface area contributed by atoms with Crippen LogP contribution in [0.15, 0.2) is 0 Å². The van der Waals surface area contributed by atoms with Crippen LogP contribution >= 0.6 is 21.6 Å². The van der Waals surface area contributed by atoms with Crippen molar-refractivity contribution >= 4 is 37.7 Å². The third kappa shape index (κ3) is 16.0. The molecule has 0 heterocycles. The molecule has 0 aromatic heterocycles. The zero-order valence-corrected chi connectivity index (χ0v) is 14.3. The lowest BCUT2D eigenvalue weighted by Crippen LogP contribution is -2.23. The molecule has 0 aliphatic rings. The zero-order chi connectivity index (χ0) is 14.9. The zero-order valence-electron chi connectivity index (χ0n) is 11.8. The van der Waals surface area contributed by atoms with Gasteiger partial charge in [0.2, 0.25) is 0 Å². The molecule has 5 nitrogen and oxygen atoms in total. The number of carbonyl (C=O) groups excluding carboxylic acids is 1. The Morgan fingerprint density at radius 3 is 2.26 bits per heavy atom. The minimum absolute atomic E-state index is 0.182. The molecule has 0 N–H and O–H groups in total. The van der Waals surface area contributed by atoms with Gasteiger partial charge in [0, 0.05) is 17.9 Å². The second-order valence-electron chi connectivity index (χ2n) is 4.86. The molecule has 8 heteroatoms. The lowest BCUT2D eigenvalue weighted by atomic mass is 10.2. The number of rotatable bonds is 9. The average molecular weight is 330 g/mol. The molecular formula is C11H22O5S3. The fraction of sp³-hybridized carbons (Fsp3) is 0.909. The van der Waals surface area contributed by atoms with Crippen LogP contribution in [0.2, 0.25) is 0 Å². The first-order chi connectivity index (χ1) is 8.60. The van der Waals surface area contributed by atoms with Gasteiger partial charge < -0.3 is 4.74 Å². The van der Waals surface area contributed by atoms with E-state index in [2.05, 4.69) is 4.18 Å². The largest absolute Gasteiger partial charge is 0.460 e. The first-order valence-corrected chi connectivity index (χ1v) is 10.2. The van der Waals surface area contributed by atoms with Crippen LogP contribution in [0.1, 0.15) is 33.6 Å². The number of hydrogen-bond acceptors (Lipinski definition) is 7. The summed E-state index contributed by atoms with van der Waals surface area (Å²) in [5.74, 6) is 1.24. The molecule has 0 rings (SSSR count). The first kappa shape index (κ1) is 19.1. The molecule has 0 radical (unpaired) electrons. The van der Waals surface area contributed by atoms with E-state index in [1.54, 1.807) is 10.8 Å². The van der Waals surface area contributed by atoms with Crippen LogP contribution in [0, 0.1) is 0 Å². The summed E-state index contributed by atoms with van der Waals surface area (Å²) in [5, 5.41) is 0. The van der Waals surface area contributed by atoms with Gasteiger partial charge >= 0.3 is 5.97 Å². The molecule has 0 aliphatic carbocycles. The van der Waals surface area contributed by atoms with Crippen molar-refractivity contribution in [1.82, 2.24) is 0 Å². The van der Waals surface area contributed by atoms with Crippen LogP contribution < -0.4 is 0 Å². The number of ether oxygens (including phenoxy) is 1. The van der Waals surface area contributed by atoms with Gasteiger partial charge in [-0.15, -0.1) is 0 Å². The van der Waals surface area contributed by atoms with Gasteiger partial charge in [0.1, 0.15) is 5.60 Å². The molecule has 0 aromatic rings. The second kappa shape index (κ2) is 9.10. The maximum atomic E-state index is 11.4. The van der Waals surface area contributed by atoms with Crippen molar-refractivity contribution in [2.24, 2.45) is 0 Å². The van der Waals surface area contributed by atoms with Crippen molar-refractivity contribution in [3.05, 3.63) is 0 Å². The minimum Gasteiger partial charge on any atom is -0.460 e. The van der Waals surface area contributed by atoms with Crippen molar-refractivity contribution in [3.8, 4) is 0 Å². The molecular weight excluding hydrogens is 308 g/mol. The molecule has 0 fully saturated rings. The van der Waals surface area contributed by atoms with Gasteiger partial charge in [-0.3, -0.25) is 8.98 Å². The molecule has 0 aromatic carbocycles. The molecule has 0 aliphatic heterocycles. The van der Waals surface area contributed by atoms with E-state index in [1.165, 1.54) is 10.8 Å². The highest BCUT2D eigenvalue weighted by atomic mass is 33.1. The van der Waals surface area contributed by atoms with E-state index < -0.39 is 15.7 Å². The Balaban J connectivity index is 3.39. The van der Waals surface area contributed by atoms with E-state index >= 15 is 0 Å². The van der Waals surface area contributed by atoms with E-state index in [-0.39, 0.29) is 12.6 Å². The highest BCUT2D eigenvalue weighted by Crippen LogP contribution is 2.22. The molecule has 0 saturated carbocycles. The van der Waals surface area contributed by atoms with Gasteiger partial charge in [0.15, 0.2) is 0 Å². The first-order valence-electron chi connectivity index (χ1n) is 5.91. The molecule has 19 heavy (non-hydrogen) atoms. The summed E-state index contributed by atoms with van der Waals surface area (Å²) >= 11 is 0. The summed E-state index contributed by atoms with van der Waals surface area (Å²) < 4.78 is 31.1. The van der Waals surface area contributed by atoms with Crippen LogP contribution in [0.3, 0.4) is 0 Å². The smallest absolute Gasteiger partial charge is 0.306 e. The highest BCUT2D eigenvalue weighted by Gasteiger charge is 2.15. The summed E-state index contributed by atoms with van der Waals surface area (Å²) in [5.41, 5.74) is -0.429. The third-order valence-corrected chi connectivity index (χ3v) is 4.63. The maximum Gasteiger partial charge on any atom is 0.306 e. The molecule has 0 bridgehead atoms. The Bertz CT molecular complexity index is 359. The Hall–Kier alpha value is 0.0800. The van der Waals surface area contributed by atoms with E-state index in [0.29, 0.717) is 12.2 Å². The fourth-order valence-corrected chi connectivity index (χ4v) is 3.41. The fourth-order valence-electron chi connectivity index (χ4n) is 1.01. The Morgan fingerprint density at radius 2 is 1.74 bits per heavy atom. The van der Waals surface area contributed by atoms with Crippen LogP contribution in [0.5, 0.6) is 0 Å². The quantitative estimate of drug-likeness (QED) is 0.278. The summed E-state index contributed by atoms with van der Waals surface area (Å²) in [6.45, 7) is 5.72. The van der Waals surface area contributed by atoms with Crippen molar-refractivity contribution in [2.45, 2.75) is 39.2 Å². The van der Waals surface area contributed by atoms with E-state index in [0.717, 1.165) is 18.4 Å². The van der Waals surface area contributed by atoms with Gasteiger partial charge in [-0.1, -0.05) is 21.6 Å². The molecule has 0 atom stereocenters. The van der Waals surface area contributed by atoms with Gasteiger partial charge in [0.05, 0.1) is 12.9 Å². The number of esters is 1. The monoisotopic (exact) mass is 330 g/mol. The molecule has 0 unspecified atom stereocenters. The molecule has 0 amide bonds. The molecule has 114 valence electrons. The lowest BCUT2D eigenvalue weighted by molar-refractivity contribution is -0.154. The van der Waals surface area contributed by atoms with Crippen LogP contribution in [-0.4, -0.2) is 44.4 Å². The van der Waals surface area contributed by atoms with Crippen molar-refractivity contribution in [1.29, 1.82) is 0 Å². The summed E-state index contributed by atoms with van der Waals surface area (Å²) in [7, 11) is -0.202. The SMILES string of the molecule is CC(C)(C)OC(=O)CCCSSCCOS(C)(=O)=O. The number of hydrogen-bond donors (Lipinski definition) is 0. The number of carbonyl (C=O) groups is 1. The van der Waals surface area contributed by atoms with Gasteiger partial charge in [0.25, 0.3) is 10.1 Å². The van der Waals surface area contributed by atoms with Crippen molar-refractivity contribution in [3.63, 3.8) is 0 Å². The van der Waals surface area contributed by atoms with E-state index in [1.807, 2.05) is 20.8 Å². The van der Waals surface area contributed by atoms with Gasteiger partial charge in [-0.05, 0) is 27.2 Å². The Labute approximate surface area is 123 Å². The minimum atomic E-state index is -3.33. The van der Waals surface area contributed by atoms with Gasteiger partial charge in [-0.2, -0.15) is 8.42 Å². The summed E-state index contributed by atoms with van der Waals surface area (Å²) in [6, 6.07) is 0. The van der Waals surface area contributed by atoms with Crippen LogP contribution in [-0.2, 0) is 23.8 Å². The topological polar surface area (TPSA) is 69.7 Å². The maximum absolute atomic E-state index is 11.4. The van der Waals surface area contributed by atoms with Crippen molar-refractivity contribution < 1.29 is 22.1 Å².